The first-order chi connectivity index (χ1) is 29.8. The van der Waals surface area contributed by atoms with Gasteiger partial charge in [-0.15, -0.1) is 22.7 Å². The summed E-state index contributed by atoms with van der Waals surface area (Å²) in [5.74, 6) is -4.73. The molecule has 3 unspecified atom stereocenters. The van der Waals surface area contributed by atoms with Crippen LogP contribution in [0.1, 0.15) is 86.3 Å². The zero-order valence-electron chi connectivity index (χ0n) is 35.8. The van der Waals surface area contributed by atoms with Crippen LogP contribution in [0, 0.1) is 0 Å². The number of primary amides is 4. The molecule has 0 aliphatic carbocycles. The van der Waals surface area contributed by atoms with Gasteiger partial charge in [0.2, 0.25) is 11.1 Å². The molecule has 7 heterocycles. The molecule has 19 nitrogen and oxygen atoms in total. The molecule has 5 aliphatic heterocycles. The molecule has 0 radical (unpaired) electrons. The number of rotatable bonds is 13. The summed E-state index contributed by atoms with van der Waals surface area (Å²) in [5.41, 5.74) is 18.2. The lowest BCUT2D eigenvalue weighted by Gasteiger charge is -2.53. The van der Waals surface area contributed by atoms with Crippen LogP contribution in [0.15, 0.2) is 35.0 Å². The standard InChI is InChI=1S/C42H53N9O10S2/c1-38(2,3)22-10-12-25(13-11-22)51-28(26-8-6-16-49(26)41(30(43)52,34(54)60-36(45)56)39(58-4)18-23-20-62-32(39)47-23)14-15-29(51)27-9-7-17-50(27)42(31(44)53,35(55)61-37(46)57)40(59-5)19-24-21-63-33(40)48-24/h10-13,20-21,26-29H,6-9,14-19H2,1-5H3,(H2,43,52)(H2,44,53)(H2,45,56)(H2,46,57)/t26?,27?,28-,29?,39-,40-,41-,42-/m0/s1. The lowest BCUT2D eigenvalue weighted by molar-refractivity contribution is -0.191. The van der Waals surface area contributed by atoms with E-state index in [0.717, 1.165) is 11.3 Å². The summed E-state index contributed by atoms with van der Waals surface area (Å²) >= 11 is 2.40. The molecule has 2 aromatic heterocycles. The zero-order chi connectivity index (χ0) is 45.4. The smallest absolute Gasteiger partial charge is 0.375 e. The number of thiazole rings is 2. The van der Waals surface area contributed by atoms with Crippen molar-refractivity contribution in [2.24, 2.45) is 22.9 Å². The van der Waals surface area contributed by atoms with Crippen LogP contribution >= 0.6 is 22.7 Å². The summed E-state index contributed by atoms with van der Waals surface area (Å²) in [6.45, 7) is 6.71. The Bertz CT molecular complexity index is 2220. The van der Waals surface area contributed by atoms with E-state index in [1.54, 1.807) is 20.6 Å². The second-order valence-electron chi connectivity index (χ2n) is 18.0. The van der Waals surface area contributed by atoms with Crippen molar-refractivity contribution in [3.63, 3.8) is 0 Å². The molecule has 3 aromatic rings. The van der Waals surface area contributed by atoms with Crippen LogP contribution in [0.4, 0.5) is 15.3 Å². The minimum absolute atomic E-state index is 0.00644. The summed E-state index contributed by atoms with van der Waals surface area (Å²) < 4.78 is 22.7. The molecular formula is C42H53N9O10S2. The van der Waals surface area contributed by atoms with Gasteiger partial charge in [0.1, 0.15) is 10.0 Å². The number of hydrogen-bond acceptors (Lipinski definition) is 17. The number of benzene rings is 1. The normalized spacial score (nSPS) is 28.7. The number of carbonyl (C=O) groups excluding carboxylic acids is 6. The van der Waals surface area contributed by atoms with E-state index in [0.29, 0.717) is 59.9 Å². The fraction of sp³-hybridized carbons (Fsp3) is 0.571. The minimum Gasteiger partial charge on any atom is -0.375 e. The molecule has 3 fully saturated rings. The first-order valence-electron chi connectivity index (χ1n) is 20.9. The van der Waals surface area contributed by atoms with Gasteiger partial charge >= 0.3 is 24.1 Å². The van der Waals surface area contributed by atoms with Crippen molar-refractivity contribution < 1.29 is 47.7 Å². The Hall–Kier alpha value is -5.06. The molecular weight excluding hydrogens is 855 g/mol. The zero-order valence-corrected chi connectivity index (χ0v) is 37.4. The lowest BCUT2D eigenvalue weighted by atomic mass is 9.74. The van der Waals surface area contributed by atoms with E-state index in [9.17, 15) is 28.8 Å². The Morgan fingerprint density at radius 3 is 1.37 bits per heavy atom. The third kappa shape index (κ3) is 6.39. The summed E-state index contributed by atoms with van der Waals surface area (Å²) in [6.07, 6.45) is 0.200. The van der Waals surface area contributed by atoms with Crippen LogP contribution in [-0.2, 0) is 67.6 Å². The van der Waals surface area contributed by atoms with Crippen LogP contribution in [0.2, 0.25) is 0 Å². The molecule has 338 valence electrons. The number of esters is 2. The topological polar surface area (TPSA) is 279 Å². The monoisotopic (exact) mass is 907 g/mol. The number of hydrogen-bond donors (Lipinski definition) is 4. The molecule has 8 N–H and O–H groups in total. The lowest BCUT2D eigenvalue weighted by Crippen LogP contribution is -2.77. The highest BCUT2D eigenvalue weighted by molar-refractivity contribution is 7.10. The molecule has 1 aromatic carbocycles. The highest BCUT2D eigenvalue weighted by atomic mass is 32.1. The second kappa shape index (κ2) is 15.9. The van der Waals surface area contributed by atoms with Gasteiger partial charge in [-0.2, -0.15) is 0 Å². The Morgan fingerprint density at radius 1 is 0.651 bits per heavy atom. The molecule has 8 atom stereocenters. The van der Waals surface area contributed by atoms with E-state index >= 15 is 0 Å². The van der Waals surface area contributed by atoms with Crippen molar-refractivity contribution >= 4 is 64.3 Å². The van der Waals surface area contributed by atoms with Crippen LogP contribution in [0.3, 0.4) is 0 Å². The predicted molar refractivity (Wildman–Crippen MR) is 228 cm³/mol. The van der Waals surface area contributed by atoms with Crippen LogP contribution < -0.4 is 27.8 Å². The SMILES string of the molecule is CO[C@@]1([C@](C(N)=O)(C(=O)OC(N)=O)N2CCCC2C2CC[C@@H](C3CCCN3[C@@](C(N)=O)(C(=O)OC(N)=O)[C@]3(OC)Cc4csc3n4)N2c2ccc(C(C)(C)C)cc2)Cc2csc1n2. The van der Waals surface area contributed by atoms with Gasteiger partial charge < -0.3 is 46.8 Å². The number of carbonyl (C=O) groups is 6. The average molecular weight is 908 g/mol. The number of nitrogens with two attached hydrogens (primary N) is 4. The van der Waals surface area contributed by atoms with Crippen LogP contribution in [0.5, 0.6) is 0 Å². The number of nitrogens with zero attached hydrogens (tertiary/aromatic N) is 5. The van der Waals surface area contributed by atoms with E-state index in [4.69, 9.17) is 41.9 Å². The first-order valence-corrected chi connectivity index (χ1v) is 22.7. The van der Waals surface area contributed by atoms with E-state index in [-0.39, 0.29) is 31.3 Å². The van der Waals surface area contributed by atoms with Crippen molar-refractivity contribution in [1.29, 1.82) is 0 Å². The maximum absolute atomic E-state index is 14.6. The van der Waals surface area contributed by atoms with E-state index in [1.807, 2.05) is 24.3 Å². The first kappa shape index (κ1) is 44.5. The Morgan fingerprint density at radius 2 is 1.06 bits per heavy atom. The largest absolute Gasteiger partial charge is 0.412 e. The summed E-state index contributed by atoms with van der Waals surface area (Å²) in [7, 11) is 2.73. The quantitative estimate of drug-likeness (QED) is 0.141. The summed E-state index contributed by atoms with van der Waals surface area (Å²) in [6, 6.07) is 6.04. The van der Waals surface area contributed by atoms with Crippen molar-refractivity contribution in [2.75, 3.05) is 32.2 Å². The van der Waals surface area contributed by atoms with E-state index < -0.39 is 82.4 Å². The number of likely N-dealkylation sites (tertiary alicyclic amines) is 2. The molecule has 4 bridgehead atoms. The molecule has 63 heavy (non-hydrogen) atoms. The number of aromatic nitrogens is 2. The second-order valence-corrected chi connectivity index (χ2v) is 19.7. The third-order valence-corrected chi connectivity index (χ3v) is 16.1. The van der Waals surface area contributed by atoms with Gasteiger partial charge in [0, 0.05) is 80.8 Å². The van der Waals surface area contributed by atoms with Crippen molar-refractivity contribution in [3.05, 3.63) is 62.0 Å². The maximum Gasteiger partial charge on any atom is 0.412 e. The van der Waals surface area contributed by atoms with Gasteiger partial charge in [-0.3, -0.25) is 19.4 Å². The van der Waals surface area contributed by atoms with Crippen LogP contribution in [-0.4, -0.2) is 118 Å². The molecule has 0 spiro atoms. The number of ether oxygens (including phenoxy) is 4. The van der Waals surface area contributed by atoms with Gasteiger partial charge in [0.05, 0.1) is 11.4 Å². The van der Waals surface area contributed by atoms with E-state index in [1.165, 1.54) is 36.9 Å². The molecule has 3 saturated heterocycles. The van der Waals surface area contributed by atoms with Crippen molar-refractivity contribution in [3.8, 4) is 0 Å². The molecule has 21 heteroatoms. The predicted octanol–water partition coefficient (Wildman–Crippen LogP) is 2.05. The highest BCUT2D eigenvalue weighted by Gasteiger charge is 2.74. The maximum atomic E-state index is 14.6. The molecule has 8 rings (SSSR count). The van der Waals surface area contributed by atoms with Gasteiger partial charge in [-0.05, 0) is 61.6 Å². The number of amides is 4. The Kier molecular flexibility index (Phi) is 11.2. The highest BCUT2D eigenvalue weighted by Crippen LogP contribution is 2.55. The molecule has 5 aliphatic rings. The molecule has 0 saturated carbocycles. The summed E-state index contributed by atoms with van der Waals surface area (Å²) in [5, 5.41) is 4.25. The van der Waals surface area contributed by atoms with E-state index in [2.05, 4.69) is 35.6 Å². The van der Waals surface area contributed by atoms with Gasteiger partial charge in [0.25, 0.3) is 11.8 Å². The number of anilines is 1. The Labute approximate surface area is 371 Å². The average Bonchev–Trinajstić information content (AvgIpc) is 4.08. The fourth-order valence-electron chi connectivity index (χ4n) is 11.6. The third-order valence-electron chi connectivity index (χ3n) is 14.1. The van der Waals surface area contributed by atoms with Crippen molar-refractivity contribution in [1.82, 2.24) is 19.8 Å². The molecule has 4 amide bonds. The van der Waals surface area contributed by atoms with Crippen LogP contribution in [0.25, 0.3) is 0 Å². The van der Waals surface area contributed by atoms with Crippen molar-refractivity contribution in [2.45, 2.75) is 124 Å². The minimum atomic E-state index is -2.40. The Balaban J connectivity index is 1.28. The summed E-state index contributed by atoms with van der Waals surface area (Å²) in [4.78, 5) is 97.7. The van der Waals surface area contributed by atoms with Gasteiger partial charge in [-0.25, -0.2) is 29.1 Å². The number of methoxy groups -OCH3 is 2. The fourth-order valence-corrected chi connectivity index (χ4v) is 13.7. The van der Waals surface area contributed by atoms with Gasteiger partial charge in [0.15, 0.2) is 11.2 Å². The number of fused-ring (bicyclic) bond motifs is 4. The van der Waals surface area contributed by atoms with Gasteiger partial charge in [-0.1, -0.05) is 32.9 Å².